The Balaban J connectivity index is 3.65. The van der Waals surface area contributed by atoms with E-state index >= 15 is 0 Å². The monoisotopic (exact) mass is 214 g/mol. The second kappa shape index (κ2) is 5.69. The maximum absolute atomic E-state index is 11.6. The first kappa shape index (κ1) is 13.0. The number of amides is 2. The fourth-order valence-corrected chi connectivity index (χ4v) is 0.747. The summed E-state index contributed by atoms with van der Waals surface area (Å²) in [6.45, 7) is 0.536. The van der Waals surface area contributed by atoms with Crippen molar-refractivity contribution in [1.29, 1.82) is 0 Å². The molecular formula is C7H13F3N2O2. The van der Waals surface area contributed by atoms with E-state index in [1.165, 1.54) is 7.11 Å². The van der Waals surface area contributed by atoms with Gasteiger partial charge in [0.1, 0.15) is 6.54 Å². The van der Waals surface area contributed by atoms with Gasteiger partial charge < -0.3 is 15.4 Å². The molecule has 0 aromatic heterocycles. The van der Waals surface area contributed by atoms with Gasteiger partial charge in [-0.15, -0.1) is 0 Å². The SMILES string of the molecule is COCC(C)NC(=O)NCC(F)(F)F. The molecule has 1 atom stereocenters. The van der Waals surface area contributed by atoms with Gasteiger partial charge in [-0.25, -0.2) is 4.79 Å². The van der Waals surface area contributed by atoms with Crippen LogP contribution in [0.5, 0.6) is 0 Å². The van der Waals surface area contributed by atoms with E-state index < -0.39 is 18.8 Å². The van der Waals surface area contributed by atoms with Crippen LogP contribution in [0.2, 0.25) is 0 Å². The molecule has 7 heteroatoms. The van der Waals surface area contributed by atoms with Crippen LogP contribution in [0, 0.1) is 0 Å². The maximum atomic E-state index is 11.6. The van der Waals surface area contributed by atoms with Gasteiger partial charge in [0.05, 0.1) is 12.6 Å². The zero-order valence-corrected chi connectivity index (χ0v) is 7.94. The molecule has 0 aromatic rings. The zero-order chi connectivity index (χ0) is 11.2. The van der Waals surface area contributed by atoms with Crippen LogP contribution in [0.4, 0.5) is 18.0 Å². The molecule has 0 spiro atoms. The first-order chi connectivity index (χ1) is 6.35. The van der Waals surface area contributed by atoms with Crippen LogP contribution >= 0.6 is 0 Å². The molecule has 0 aliphatic rings. The van der Waals surface area contributed by atoms with Crippen molar-refractivity contribution in [2.75, 3.05) is 20.3 Å². The van der Waals surface area contributed by atoms with Gasteiger partial charge in [0.2, 0.25) is 0 Å². The zero-order valence-electron chi connectivity index (χ0n) is 7.94. The lowest BCUT2D eigenvalue weighted by atomic mass is 10.4. The van der Waals surface area contributed by atoms with Gasteiger partial charge in [0.25, 0.3) is 0 Å². The van der Waals surface area contributed by atoms with Gasteiger partial charge in [-0.3, -0.25) is 0 Å². The Morgan fingerprint density at radius 1 is 1.50 bits per heavy atom. The summed E-state index contributed by atoms with van der Waals surface area (Å²) in [6, 6.07) is -1.18. The number of hydrogen-bond donors (Lipinski definition) is 2. The Labute approximate surface area is 79.8 Å². The Morgan fingerprint density at radius 3 is 2.50 bits per heavy atom. The minimum atomic E-state index is -4.39. The van der Waals surface area contributed by atoms with Crippen molar-refractivity contribution in [2.45, 2.75) is 19.1 Å². The summed E-state index contributed by atoms with van der Waals surface area (Å²) >= 11 is 0. The highest BCUT2D eigenvalue weighted by molar-refractivity contribution is 5.74. The van der Waals surface area contributed by atoms with Crippen molar-refractivity contribution >= 4 is 6.03 Å². The number of carbonyl (C=O) groups is 1. The molecule has 84 valence electrons. The molecule has 1 unspecified atom stereocenters. The Bertz CT molecular complexity index is 184. The van der Waals surface area contributed by atoms with Crippen molar-refractivity contribution in [3.05, 3.63) is 0 Å². The summed E-state index contributed by atoms with van der Waals surface area (Å²) in [6.07, 6.45) is -4.39. The number of alkyl halides is 3. The molecule has 0 bridgehead atoms. The van der Waals surface area contributed by atoms with Crippen molar-refractivity contribution in [3.8, 4) is 0 Å². The average Bonchev–Trinajstić information content (AvgIpc) is 2.00. The van der Waals surface area contributed by atoms with Crippen LogP contribution in [0.25, 0.3) is 0 Å². The predicted octanol–water partition coefficient (Wildman–Crippen LogP) is 0.883. The Morgan fingerprint density at radius 2 is 2.07 bits per heavy atom. The second-order valence-electron chi connectivity index (χ2n) is 2.80. The lowest BCUT2D eigenvalue weighted by Crippen LogP contribution is -2.45. The molecule has 0 aliphatic carbocycles. The summed E-state index contributed by atoms with van der Waals surface area (Å²) < 4.78 is 39.6. The van der Waals surface area contributed by atoms with Gasteiger partial charge in [0.15, 0.2) is 0 Å². The van der Waals surface area contributed by atoms with Crippen molar-refractivity contribution in [3.63, 3.8) is 0 Å². The molecule has 0 radical (unpaired) electrons. The first-order valence-electron chi connectivity index (χ1n) is 3.95. The third-order valence-corrected chi connectivity index (χ3v) is 1.24. The molecule has 0 heterocycles. The maximum Gasteiger partial charge on any atom is 0.405 e. The third-order valence-electron chi connectivity index (χ3n) is 1.24. The second-order valence-corrected chi connectivity index (χ2v) is 2.80. The molecule has 0 fully saturated rings. The van der Waals surface area contributed by atoms with E-state index in [1.807, 2.05) is 0 Å². The van der Waals surface area contributed by atoms with E-state index in [0.717, 1.165) is 0 Å². The summed E-state index contributed by atoms with van der Waals surface area (Å²) in [5, 5.41) is 3.96. The lowest BCUT2D eigenvalue weighted by Gasteiger charge is -2.14. The molecule has 0 aliphatic heterocycles. The first-order valence-corrected chi connectivity index (χ1v) is 3.95. The number of methoxy groups -OCH3 is 1. The van der Waals surface area contributed by atoms with Crippen LogP contribution in [0.1, 0.15) is 6.92 Å². The number of rotatable bonds is 4. The van der Waals surface area contributed by atoms with E-state index in [1.54, 1.807) is 12.2 Å². The molecule has 4 nitrogen and oxygen atoms in total. The minimum Gasteiger partial charge on any atom is -0.383 e. The number of hydrogen-bond acceptors (Lipinski definition) is 2. The van der Waals surface area contributed by atoms with Crippen LogP contribution in [-0.2, 0) is 4.74 Å². The number of halogens is 3. The predicted molar refractivity (Wildman–Crippen MR) is 43.9 cm³/mol. The van der Waals surface area contributed by atoms with E-state index in [9.17, 15) is 18.0 Å². The average molecular weight is 214 g/mol. The van der Waals surface area contributed by atoms with Gasteiger partial charge >= 0.3 is 12.2 Å². The standard InChI is InChI=1S/C7H13F3N2O2/c1-5(3-14-2)12-6(13)11-4-7(8,9)10/h5H,3-4H2,1-2H3,(H2,11,12,13). The highest BCUT2D eigenvalue weighted by Crippen LogP contribution is 2.11. The van der Waals surface area contributed by atoms with Gasteiger partial charge in [-0.05, 0) is 6.92 Å². The number of ether oxygens (including phenoxy) is 1. The fourth-order valence-electron chi connectivity index (χ4n) is 0.747. The molecule has 14 heavy (non-hydrogen) atoms. The highest BCUT2D eigenvalue weighted by atomic mass is 19.4. The minimum absolute atomic E-state index is 0.249. The van der Waals surface area contributed by atoms with Crippen LogP contribution < -0.4 is 10.6 Å². The van der Waals surface area contributed by atoms with Gasteiger partial charge in [-0.1, -0.05) is 0 Å². The molecule has 2 amide bonds. The van der Waals surface area contributed by atoms with E-state index in [0.29, 0.717) is 0 Å². The molecular weight excluding hydrogens is 201 g/mol. The van der Waals surface area contributed by atoms with E-state index in [2.05, 4.69) is 10.1 Å². The summed E-state index contributed by atoms with van der Waals surface area (Å²) in [5.41, 5.74) is 0. The van der Waals surface area contributed by atoms with Crippen LogP contribution in [0.15, 0.2) is 0 Å². The number of nitrogens with one attached hydrogen (secondary N) is 2. The fraction of sp³-hybridized carbons (Fsp3) is 0.857. The number of urea groups is 1. The van der Waals surface area contributed by atoms with Crippen LogP contribution in [0.3, 0.4) is 0 Å². The smallest absolute Gasteiger partial charge is 0.383 e. The third kappa shape index (κ3) is 7.66. The summed E-state index contributed by atoms with van der Waals surface area (Å²) in [4.78, 5) is 10.8. The van der Waals surface area contributed by atoms with E-state index in [4.69, 9.17) is 0 Å². The topological polar surface area (TPSA) is 50.4 Å². The summed E-state index contributed by atoms with van der Waals surface area (Å²) in [5.74, 6) is 0. The molecule has 0 aromatic carbocycles. The van der Waals surface area contributed by atoms with Crippen LogP contribution in [-0.4, -0.2) is 38.5 Å². The van der Waals surface area contributed by atoms with Gasteiger partial charge in [-0.2, -0.15) is 13.2 Å². The summed E-state index contributed by atoms with van der Waals surface area (Å²) in [7, 11) is 1.44. The van der Waals surface area contributed by atoms with Gasteiger partial charge in [0, 0.05) is 7.11 Å². The van der Waals surface area contributed by atoms with E-state index in [-0.39, 0.29) is 12.6 Å². The highest BCUT2D eigenvalue weighted by Gasteiger charge is 2.27. The van der Waals surface area contributed by atoms with Crippen molar-refractivity contribution < 1.29 is 22.7 Å². The molecule has 2 N–H and O–H groups in total. The molecule has 0 rings (SSSR count). The molecule has 0 saturated heterocycles. The molecule has 0 saturated carbocycles. The largest absolute Gasteiger partial charge is 0.405 e. The van der Waals surface area contributed by atoms with Crippen molar-refractivity contribution in [1.82, 2.24) is 10.6 Å². The Kier molecular flexibility index (Phi) is 5.29. The van der Waals surface area contributed by atoms with Crippen molar-refractivity contribution in [2.24, 2.45) is 0 Å². The normalized spacial score (nSPS) is 13.5. The Hall–Kier alpha value is -0.980. The number of carbonyl (C=O) groups excluding carboxylic acids is 1. The quantitative estimate of drug-likeness (QED) is 0.730. The lowest BCUT2D eigenvalue weighted by molar-refractivity contribution is -0.122.